The second-order valence-electron chi connectivity index (χ2n) is 15.2. The molecule has 2 aliphatic heterocycles. The molecule has 0 amide bonds. The number of benzene rings is 9. The van der Waals surface area contributed by atoms with Gasteiger partial charge in [-0.2, -0.15) is 0 Å². The Morgan fingerprint density at radius 1 is 0.310 bits per heavy atom. The van der Waals surface area contributed by atoms with Crippen LogP contribution in [0.3, 0.4) is 0 Å². The minimum atomic E-state index is 0.0334. The first-order chi connectivity index (χ1) is 28.8. The summed E-state index contributed by atoms with van der Waals surface area (Å²) < 4.78 is 2.39. The molecule has 10 aromatic rings. The number of rotatable bonds is 5. The summed E-state index contributed by atoms with van der Waals surface area (Å²) in [6.07, 6.45) is 0. The van der Waals surface area contributed by atoms with E-state index in [4.69, 9.17) is 0 Å². The fraction of sp³-hybridized carbons (Fsp3) is 0. The van der Waals surface area contributed by atoms with Crippen molar-refractivity contribution in [3.8, 4) is 27.9 Å². The van der Waals surface area contributed by atoms with Crippen LogP contribution in [0.5, 0.6) is 0 Å². The third-order valence-corrected chi connectivity index (χ3v) is 12.2. The van der Waals surface area contributed by atoms with Gasteiger partial charge in [0, 0.05) is 50.6 Å². The van der Waals surface area contributed by atoms with Gasteiger partial charge >= 0.3 is 0 Å². The Hall–Kier alpha value is -7.56. The lowest BCUT2D eigenvalue weighted by molar-refractivity contribution is 1.18. The number of hydrogen-bond acceptors (Lipinski definition) is 2. The molecule has 2 aliphatic rings. The largest absolute Gasteiger partial charge is 0.311 e. The van der Waals surface area contributed by atoms with Crippen LogP contribution in [0.2, 0.25) is 0 Å². The Morgan fingerprint density at radius 2 is 0.776 bits per heavy atom. The van der Waals surface area contributed by atoms with Crippen LogP contribution in [-0.4, -0.2) is 11.3 Å². The lowest BCUT2D eigenvalue weighted by Gasteiger charge is -2.44. The van der Waals surface area contributed by atoms with E-state index < -0.39 is 0 Å². The summed E-state index contributed by atoms with van der Waals surface area (Å²) in [5.74, 6) is 0. The average molecular weight is 738 g/mol. The maximum Gasteiger partial charge on any atom is 0.252 e. The zero-order chi connectivity index (χ0) is 38.2. The molecule has 0 aliphatic carbocycles. The van der Waals surface area contributed by atoms with Gasteiger partial charge in [0.15, 0.2) is 0 Å². The lowest BCUT2D eigenvalue weighted by Crippen LogP contribution is -2.61. The van der Waals surface area contributed by atoms with Crippen molar-refractivity contribution in [3.63, 3.8) is 0 Å². The van der Waals surface area contributed by atoms with Crippen LogP contribution in [0.25, 0.3) is 49.7 Å². The maximum absolute atomic E-state index is 2.48. The summed E-state index contributed by atoms with van der Waals surface area (Å²) in [7, 11) is 0. The number of aromatic nitrogens is 1. The van der Waals surface area contributed by atoms with Gasteiger partial charge in [-0.1, -0.05) is 146 Å². The minimum absolute atomic E-state index is 0.0334. The summed E-state index contributed by atoms with van der Waals surface area (Å²) in [6.45, 7) is 0.0334. The number of hydrogen-bond donors (Lipinski definition) is 0. The summed E-state index contributed by atoms with van der Waals surface area (Å²) in [6, 6.07) is 79.8. The van der Waals surface area contributed by atoms with Crippen molar-refractivity contribution in [2.45, 2.75) is 0 Å². The van der Waals surface area contributed by atoms with Crippen LogP contribution in [0, 0.1) is 0 Å². The van der Waals surface area contributed by atoms with E-state index in [-0.39, 0.29) is 6.71 Å². The fourth-order valence-corrected chi connectivity index (χ4v) is 9.84. The van der Waals surface area contributed by atoms with Gasteiger partial charge in [0.1, 0.15) is 0 Å². The fourth-order valence-electron chi connectivity index (χ4n) is 9.84. The molecule has 0 atom stereocenters. The van der Waals surface area contributed by atoms with Crippen molar-refractivity contribution < 1.29 is 0 Å². The quantitative estimate of drug-likeness (QED) is 0.163. The van der Waals surface area contributed by atoms with E-state index >= 15 is 0 Å². The second-order valence-corrected chi connectivity index (χ2v) is 15.2. The molecule has 9 aromatic carbocycles. The summed E-state index contributed by atoms with van der Waals surface area (Å²) >= 11 is 0. The van der Waals surface area contributed by atoms with E-state index in [0.717, 1.165) is 11.4 Å². The molecule has 12 rings (SSSR count). The van der Waals surface area contributed by atoms with Crippen molar-refractivity contribution >= 4 is 79.0 Å². The molecule has 0 spiro atoms. The van der Waals surface area contributed by atoms with Gasteiger partial charge in [-0.3, -0.25) is 0 Å². The molecule has 4 heteroatoms. The highest BCUT2D eigenvalue weighted by Gasteiger charge is 2.44. The maximum atomic E-state index is 2.48. The summed E-state index contributed by atoms with van der Waals surface area (Å²) in [5, 5.41) is 2.53. The molecule has 0 fully saturated rings. The summed E-state index contributed by atoms with van der Waals surface area (Å²) in [5.41, 5.74) is 19.6. The molecule has 270 valence electrons. The van der Waals surface area contributed by atoms with Crippen LogP contribution in [0.4, 0.5) is 34.1 Å². The van der Waals surface area contributed by atoms with Gasteiger partial charge in [-0.15, -0.1) is 0 Å². The number of fused-ring (bicyclic) bond motifs is 7. The van der Waals surface area contributed by atoms with Gasteiger partial charge in [0.2, 0.25) is 0 Å². The molecular formula is C54H36BN3. The first-order valence-electron chi connectivity index (χ1n) is 20.1. The van der Waals surface area contributed by atoms with Gasteiger partial charge < -0.3 is 14.4 Å². The predicted octanol–water partition coefficient (Wildman–Crippen LogP) is 12.2. The molecule has 58 heavy (non-hydrogen) atoms. The van der Waals surface area contributed by atoms with Gasteiger partial charge in [0.25, 0.3) is 6.71 Å². The SMILES string of the molecule is c1ccc(N2c3ccccc3B3c4c(-c5ccc(-c6cccc7c6c6ccccc6n7-c6ccccc6)cc5)cccc4N(c4ccccc4)c4cccc2c43)cc1. The normalized spacial score (nSPS) is 12.7. The Kier molecular flexibility index (Phi) is 7.33. The molecule has 0 saturated carbocycles. The van der Waals surface area contributed by atoms with Gasteiger partial charge in [-0.25, -0.2) is 0 Å². The van der Waals surface area contributed by atoms with Crippen LogP contribution in [0.15, 0.2) is 218 Å². The number of nitrogens with zero attached hydrogens (tertiary/aromatic N) is 3. The Morgan fingerprint density at radius 3 is 1.47 bits per heavy atom. The van der Waals surface area contributed by atoms with Crippen LogP contribution >= 0.6 is 0 Å². The lowest BCUT2D eigenvalue weighted by atomic mass is 9.32. The van der Waals surface area contributed by atoms with E-state index in [9.17, 15) is 0 Å². The molecule has 0 N–H and O–H groups in total. The van der Waals surface area contributed by atoms with E-state index in [0.29, 0.717) is 0 Å². The zero-order valence-electron chi connectivity index (χ0n) is 31.7. The molecule has 0 bridgehead atoms. The van der Waals surface area contributed by atoms with Crippen LogP contribution < -0.4 is 26.2 Å². The van der Waals surface area contributed by atoms with Crippen molar-refractivity contribution in [1.29, 1.82) is 0 Å². The highest BCUT2D eigenvalue weighted by molar-refractivity contribution is 7.01. The average Bonchev–Trinajstić information content (AvgIpc) is 3.64. The Labute approximate surface area is 338 Å². The van der Waals surface area contributed by atoms with E-state index in [1.807, 2.05) is 0 Å². The van der Waals surface area contributed by atoms with Gasteiger partial charge in [-0.05, 0) is 111 Å². The minimum Gasteiger partial charge on any atom is -0.311 e. The van der Waals surface area contributed by atoms with Crippen molar-refractivity contribution in [1.82, 2.24) is 4.57 Å². The third-order valence-electron chi connectivity index (χ3n) is 12.2. The first-order valence-corrected chi connectivity index (χ1v) is 20.1. The number of anilines is 6. The molecule has 3 heterocycles. The Bertz CT molecular complexity index is 3160. The highest BCUT2D eigenvalue weighted by atomic mass is 15.2. The molecule has 0 radical (unpaired) electrons. The molecule has 1 aromatic heterocycles. The van der Waals surface area contributed by atoms with E-state index in [1.165, 1.54) is 88.9 Å². The molecule has 3 nitrogen and oxygen atoms in total. The third kappa shape index (κ3) is 4.82. The zero-order valence-corrected chi connectivity index (χ0v) is 31.7. The van der Waals surface area contributed by atoms with E-state index in [2.05, 4.69) is 233 Å². The summed E-state index contributed by atoms with van der Waals surface area (Å²) in [4.78, 5) is 4.93. The second kappa shape index (κ2) is 13.0. The molecular weight excluding hydrogens is 701 g/mol. The first kappa shape index (κ1) is 32.7. The Balaban J connectivity index is 1.06. The topological polar surface area (TPSA) is 11.4 Å². The number of para-hydroxylation sites is 5. The van der Waals surface area contributed by atoms with Crippen LogP contribution in [0.1, 0.15) is 0 Å². The smallest absolute Gasteiger partial charge is 0.252 e. The predicted molar refractivity (Wildman–Crippen MR) is 246 cm³/mol. The molecule has 0 saturated heterocycles. The van der Waals surface area contributed by atoms with Crippen molar-refractivity contribution in [3.05, 3.63) is 218 Å². The van der Waals surface area contributed by atoms with Crippen molar-refractivity contribution in [2.24, 2.45) is 0 Å². The standard InChI is InChI=1S/C54H36BN3/c1-4-17-39(18-5-1)56-46-27-12-10-23-44(46)52-42(24-14-29-48(52)56)37-33-35-38(36-34-37)43-25-15-30-49-53(43)55-45-26-11-13-28-47(45)57(40-19-6-2-7-20-40)50-31-16-32-51(54(50)55)58(49)41-21-8-3-9-22-41/h1-36H. The van der Waals surface area contributed by atoms with Crippen molar-refractivity contribution in [2.75, 3.05) is 9.80 Å². The monoisotopic (exact) mass is 737 g/mol. The van der Waals surface area contributed by atoms with E-state index in [1.54, 1.807) is 0 Å². The highest BCUT2D eigenvalue weighted by Crippen LogP contribution is 2.45. The van der Waals surface area contributed by atoms with Gasteiger partial charge in [0.05, 0.1) is 11.0 Å². The van der Waals surface area contributed by atoms with Crippen LogP contribution in [-0.2, 0) is 0 Å². The molecule has 0 unspecified atom stereocenters.